The number of anilines is 1. The van der Waals surface area contributed by atoms with Gasteiger partial charge in [0.2, 0.25) is 0 Å². The molecule has 172 valence electrons. The second-order valence-electron chi connectivity index (χ2n) is 8.00. The number of aromatic nitrogens is 2. The van der Waals surface area contributed by atoms with Gasteiger partial charge >= 0.3 is 5.69 Å². The molecule has 3 aliphatic rings. The van der Waals surface area contributed by atoms with Gasteiger partial charge in [-0.2, -0.15) is 4.98 Å². The minimum atomic E-state index is -3.87. The van der Waals surface area contributed by atoms with E-state index in [9.17, 15) is 13.2 Å². The Bertz CT molecular complexity index is 1230. The summed E-state index contributed by atoms with van der Waals surface area (Å²) in [5.74, 6) is 0.898. The third kappa shape index (κ3) is 4.88. The molecule has 32 heavy (non-hydrogen) atoms. The van der Waals surface area contributed by atoms with Gasteiger partial charge in [-0.05, 0) is 58.6 Å². The van der Waals surface area contributed by atoms with Crippen molar-refractivity contribution in [2.75, 3.05) is 17.1 Å². The minimum Gasteiger partial charge on any atom is -0.378 e. The monoisotopic (exact) mass is 493 g/mol. The highest BCUT2D eigenvalue weighted by molar-refractivity contribution is 8.01. The van der Waals surface area contributed by atoms with Gasteiger partial charge in [-0.25, -0.2) is 13.2 Å². The van der Waals surface area contributed by atoms with E-state index in [1.165, 1.54) is 11.0 Å². The summed E-state index contributed by atoms with van der Waals surface area (Å²) >= 11 is 3.18. The number of imidazole rings is 1. The Labute approximate surface area is 196 Å². The van der Waals surface area contributed by atoms with Crippen molar-refractivity contribution in [3.8, 4) is 5.69 Å². The van der Waals surface area contributed by atoms with Gasteiger partial charge in [0.25, 0.3) is 10.0 Å². The third-order valence-electron chi connectivity index (χ3n) is 5.64. The number of sulfonamides is 1. The molecule has 0 amide bonds. The summed E-state index contributed by atoms with van der Waals surface area (Å²) < 4.78 is 36.7. The number of thioether (sulfide) groups is 1. The van der Waals surface area contributed by atoms with Crippen LogP contribution in [-0.4, -0.2) is 36.4 Å². The Kier molecular flexibility index (Phi) is 6.94. The Morgan fingerprint density at radius 1 is 1.22 bits per heavy atom. The van der Waals surface area contributed by atoms with Crippen LogP contribution in [0.25, 0.3) is 5.69 Å². The molecule has 0 aliphatic carbocycles. The van der Waals surface area contributed by atoms with Crippen molar-refractivity contribution in [1.82, 2.24) is 9.55 Å². The second-order valence-corrected chi connectivity index (χ2v) is 12.3. The van der Waals surface area contributed by atoms with Crippen molar-refractivity contribution in [2.24, 2.45) is 0 Å². The molecule has 1 aromatic carbocycles. The van der Waals surface area contributed by atoms with E-state index in [-0.39, 0.29) is 16.8 Å². The molecular weight excluding hydrogens is 466 g/mol. The van der Waals surface area contributed by atoms with Crippen molar-refractivity contribution in [3.05, 3.63) is 50.9 Å². The van der Waals surface area contributed by atoms with Crippen LogP contribution in [0.5, 0.6) is 0 Å². The summed E-state index contributed by atoms with van der Waals surface area (Å²) in [5, 5.41) is 0. The first kappa shape index (κ1) is 23.3. The molecule has 4 rings (SSSR count). The van der Waals surface area contributed by atoms with Crippen LogP contribution in [0.3, 0.4) is 0 Å². The number of hydrogen-bond donors (Lipinski definition) is 1. The first-order valence-corrected chi connectivity index (χ1v) is 13.9. The molecule has 1 N–H and O–H groups in total. The van der Waals surface area contributed by atoms with E-state index < -0.39 is 15.7 Å². The Morgan fingerprint density at radius 2 is 1.97 bits per heavy atom. The fourth-order valence-electron chi connectivity index (χ4n) is 3.71. The van der Waals surface area contributed by atoms with Gasteiger partial charge in [0, 0.05) is 22.9 Å². The number of fused-ring (bicyclic) bond motifs is 1. The smallest absolute Gasteiger partial charge is 0.354 e. The maximum Gasteiger partial charge on any atom is 0.354 e. The Balaban J connectivity index is 1.65. The maximum atomic E-state index is 13.0. The lowest BCUT2D eigenvalue weighted by Gasteiger charge is -2.22. The van der Waals surface area contributed by atoms with Crippen LogP contribution in [0.2, 0.25) is 0 Å². The normalized spacial score (nSPS) is 17.0. The summed E-state index contributed by atoms with van der Waals surface area (Å²) in [5.41, 5.74) is 1.77. The van der Waals surface area contributed by atoms with E-state index in [1.807, 2.05) is 20.8 Å². The number of hydrogen-bond acceptors (Lipinski definition) is 7. The van der Waals surface area contributed by atoms with Gasteiger partial charge in [-0.15, -0.1) is 23.1 Å². The average Bonchev–Trinajstić information content (AvgIpc) is 3.08. The highest BCUT2D eigenvalue weighted by Crippen LogP contribution is 2.39. The second kappa shape index (κ2) is 9.54. The Hall–Kier alpha value is -1.88. The van der Waals surface area contributed by atoms with Crippen LogP contribution >= 0.6 is 23.1 Å². The maximum absolute atomic E-state index is 13.0. The standard InChI is InChI=1S/C22H27N3O4S3/c1-14-7-9-18(10-8-14)32(27,28)24-20-19-21(30-13-11-17-6-4-5-12-29-17)31-16(3)15(2)25(19)22(26)23-20/h7-10,17H,4-6,11-13H2,1-3H3,(H,23,24,26). The van der Waals surface area contributed by atoms with Gasteiger partial charge in [0.15, 0.2) is 5.82 Å². The molecule has 0 bridgehead atoms. The molecule has 0 aromatic heterocycles. The molecule has 0 saturated carbocycles. The SMILES string of the molecule is Cc1ccc(S(=O)(=O)Nc2nc(=O)n3c(C)c(C)sc(SCCC4CCCCO4)c2-3)cc1. The molecule has 3 heterocycles. The van der Waals surface area contributed by atoms with E-state index in [1.54, 1.807) is 47.4 Å². The van der Waals surface area contributed by atoms with Crippen LogP contribution < -0.4 is 10.4 Å². The molecule has 3 aliphatic heterocycles. The largest absolute Gasteiger partial charge is 0.378 e. The fraction of sp³-hybridized carbons (Fsp3) is 0.455. The predicted octanol–water partition coefficient (Wildman–Crippen LogP) is 4.51. The van der Waals surface area contributed by atoms with Crippen LogP contribution in [0.15, 0.2) is 38.2 Å². The molecule has 10 heteroatoms. The van der Waals surface area contributed by atoms with Crippen LogP contribution in [0.4, 0.5) is 5.82 Å². The zero-order valence-electron chi connectivity index (χ0n) is 18.4. The first-order chi connectivity index (χ1) is 15.3. The zero-order valence-corrected chi connectivity index (χ0v) is 20.8. The molecule has 1 atom stereocenters. The summed E-state index contributed by atoms with van der Waals surface area (Å²) in [4.78, 5) is 17.9. The van der Waals surface area contributed by atoms with Crippen LogP contribution in [-0.2, 0) is 14.8 Å². The van der Waals surface area contributed by atoms with Crippen molar-refractivity contribution < 1.29 is 13.2 Å². The minimum absolute atomic E-state index is 0.0753. The number of benzene rings is 1. The highest BCUT2D eigenvalue weighted by Gasteiger charge is 2.27. The predicted molar refractivity (Wildman–Crippen MR) is 129 cm³/mol. The molecule has 1 aromatic rings. The summed E-state index contributed by atoms with van der Waals surface area (Å²) in [6.45, 7) is 6.53. The quantitative estimate of drug-likeness (QED) is 0.487. The van der Waals surface area contributed by atoms with Crippen molar-refractivity contribution in [1.29, 1.82) is 0 Å². The number of rotatable bonds is 7. The lowest BCUT2D eigenvalue weighted by molar-refractivity contribution is 0.0150. The van der Waals surface area contributed by atoms with E-state index >= 15 is 0 Å². The highest BCUT2D eigenvalue weighted by atomic mass is 32.2. The molecule has 1 saturated heterocycles. The van der Waals surface area contributed by atoms with E-state index in [4.69, 9.17) is 4.74 Å². The van der Waals surface area contributed by atoms with Gasteiger partial charge in [0.1, 0.15) is 5.69 Å². The zero-order chi connectivity index (χ0) is 22.9. The van der Waals surface area contributed by atoms with Crippen LogP contribution in [0.1, 0.15) is 41.8 Å². The summed E-state index contributed by atoms with van der Waals surface area (Å²) in [6, 6.07) is 6.57. The summed E-state index contributed by atoms with van der Waals surface area (Å²) in [6.07, 6.45) is 4.57. The molecule has 1 unspecified atom stereocenters. The lowest BCUT2D eigenvalue weighted by Crippen LogP contribution is -2.19. The molecule has 1 fully saturated rings. The molecule has 0 radical (unpaired) electrons. The molecule has 7 nitrogen and oxygen atoms in total. The van der Waals surface area contributed by atoms with E-state index in [0.717, 1.165) is 52.0 Å². The average molecular weight is 494 g/mol. The number of ether oxygens (including phenoxy) is 1. The van der Waals surface area contributed by atoms with Gasteiger partial charge in [0.05, 0.1) is 15.2 Å². The third-order valence-corrected chi connectivity index (χ3v) is 9.47. The summed E-state index contributed by atoms with van der Waals surface area (Å²) in [7, 11) is -3.87. The number of aryl methyl sites for hydroxylation is 2. The van der Waals surface area contributed by atoms with E-state index in [2.05, 4.69) is 9.71 Å². The number of nitrogens with one attached hydrogen (secondary N) is 1. The van der Waals surface area contributed by atoms with Crippen molar-refractivity contribution >= 4 is 38.9 Å². The van der Waals surface area contributed by atoms with Gasteiger partial charge in [-0.3, -0.25) is 9.29 Å². The van der Waals surface area contributed by atoms with Gasteiger partial charge < -0.3 is 4.74 Å². The van der Waals surface area contributed by atoms with Crippen LogP contribution in [0, 0.1) is 20.8 Å². The number of nitrogens with zero attached hydrogens (tertiary/aromatic N) is 2. The first-order valence-electron chi connectivity index (χ1n) is 10.6. The topological polar surface area (TPSA) is 90.3 Å². The molecule has 0 spiro atoms. The van der Waals surface area contributed by atoms with Crippen molar-refractivity contribution in [3.63, 3.8) is 0 Å². The van der Waals surface area contributed by atoms with Crippen molar-refractivity contribution in [2.45, 2.75) is 61.7 Å². The Morgan fingerprint density at radius 3 is 2.66 bits per heavy atom. The van der Waals surface area contributed by atoms with Gasteiger partial charge in [-0.1, -0.05) is 17.7 Å². The fourth-order valence-corrected chi connectivity index (χ4v) is 7.27. The molecular formula is C22H27N3O4S3. The lowest BCUT2D eigenvalue weighted by atomic mass is 10.1. The van der Waals surface area contributed by atoms with E-state index in [0.29, 0.717) is 5.69 Å².